The fourth-order valence-electron chi connectivity index (χ4n) is 1.96. The van der Waals surface area contributed by atoms with Crippen molar-refractivity contribution in [1.82, 2.24) is 4.90 Å². The van der Waals surface area contributed by atoms with E-state index in [0.29, 0.717) is 43.9 Å². The normalized spacial score (nSPS) is 9.70. The molecule has 0 aliphatic heterocycles. The molecule has 7 heteroatoms. The minimum absolute atomic E-state index is 0. The molecule has 0 saturated heterocycles. The monoisotopic (exact) mass is 343 g/mol. The second-order valence-corrected chi connectivity index (χ2v) is 4.82. The predicted octanol–water partition coefficient (Wildman–Crippen LogP) is 2.03. The lowest BCUT2D eigenvalue weighted by atomic mass is 10.2. The molecule has 3 N–H and O–H groups in total. The second kappa shape index (κ2) is 11.7. The standard InChI is InChI=1S/C16H25N3O3.ClH/c1-3-19(4-2)16(21)12-22-14-8-5-7-13(11-14)18-15(20)9-6-10-17;/h5,7-8,11H,3-4,6,9-10,12,17H2,1-2H3,(H,18,20);1H. The van der Waals surface area contributed by atoms with Crippen molar-refractivity contribution in [2.75, 3.05) is 31.6 Å². The van der Waals surface area contributed by atoms with Crippen molar-refractivity contribution in [2.45, 2.75) is 26.7 Å². The largest absolute Gasteiger partial charge is 0.484 e. The maximum Gasteiger partial charge on any atom is 0.260 e. The first-order valence-electron chi connectivity index (χ1n) is 7.61. The van der Waals surface area contributed by atoms with Crippen LogP contribution in [0.1, 0.15) is 26.7 Å². The molecule has 1 aromatic carbocycles. The predicted molar refractivity (Wildman–Crippen MR) is 94.0 cm³/mol. The van der Waals surface area contributed by atoms with E-state index in [2.05, 4.69) is 5.32 Å². The molecule has 6 nitrogen and oxygen atoms in total. The molecule has 0 aromatic heterocycles. The molecule has 0 heterocycles. The summed E-state index contributed by atoms with van der Waals surface area (Å²) in [5, 5.41) is 2.78. The highest BCUT2D eigenvalue weighted by atomic mass is 35.5. The molecule has 0 atom stereocenters. The van der Waals surface area contributed by atoms with Crippen LogP contribution < -0.4 is 15.8 Å². The zero-order valence-corrected chi connectivity index (χ0v) is 14.5. The van der Waals surface area contributed by atoms with Gasteiger partial charge in [-0.1, -0.05) is 6.07 Å². The van der Waals surface area contributed by atoms with Gasteiger partial charge in [0.15, 0.2) is 6.61 Å². The highest BCUT2D eigenvalue weighted by Gasteiger charge is 2.10. The van der Waals surface area contributed by atoms with E-state index in [9.17, 15) is 9.59 Å². The Morgan fingerprint density at radius 2 is 1.96 bits per heavy atom. The molecule has 0 radical (unpaired) electrons. The van der Waals surface area contributed by atoms with E-state index < -0.39 is 0 Å². The number of halogens is 1. The van der Waals surface area contributed by atoms with E-state index in [4.69, 9.17) is 10.5 Å². The first-order valence-corrected chi connectivity index (χ1v) is 7.61. The lowest BCUT2D eigenvalue weighted by Crippen LogP contribution is -2.34. The summed E-state index contributed by atoms with van der Waals surface area (Å²) in [6, 6.07) is 7.01. The first-order chi connectivity index (χ1) is 10.6. The number of ether oxygens (including phenoxy) is 1. The number of carbonyl (C=O) groups excluding carboxylic acids is 2. The third-order valence-corrected chi connectivity index (χ3v) is 3.20. The summed E-state index contributed by atoms with van der Waals surface area (Å²) < 4.78 is 5.49. The third kappa shape index (κ3) is 7.85. The summed E-state index contributed by atoms with van der Waals surface area (Å²) in [5.74, 6) is 0.418. The molecular formula is C16H26ClN3O3. The summed E-state index contributed by atoms with van der Waals surface area (Å²) in [6.45, 7) is 5.67. The average molecular weight is 344 g/mol. The van der Waals surface area contributed by atoms with Crippen LogP contribution in [-0.4, -0.2) is 43.0 Å². The first kappa shape index (κ1) is 21.2. The number of hydrogen-bond acceptors (Lipinski definition) is 4. The van der Waals surface area contributed by atoms with Gasteiger partial charge in [0.05, 0.1) is 0 Å². The molecular weight excluding hydrogens is 318 g/mol. The van der Waals surface area contributed by atoms with E-state index in [0.717, 1.165) is 0 Å². The minimum Gasteiger partial charge on any atom is -0.484 e. The van der Waals surface area contributed by atoms with Gasteiger partial charge in [0.2, 0.25) is 5.91 Å². The SMILES string of the molecule is CCN(CC)C(=O)COc1cccc(NC(=O)CCCN)c1.Cl. The van der Waals surface area contributed by atoms with Crippen LogP contribution in [0.25, 0.3) is 0 Å². The highest BCUT2D eigenvalue weighted by Crippen LogP contribution is 2.17. The Morgan fingerprint density at radius 1 is 1.26 bits per heavy atom. The van der Waals surface area contributed by atoms with Crippen LogP contribution in [0.3, 0.4) is 0 Å². The number of anilines is 1. The van der Waals surface area contributed by atoms with Crippen molar-refractivity contribution in [3.63, 3.8) is 0 Å². The van der Waals surface area contributed by atoms with Gasteiger partial charge in [-0.15, -0.1) is 12.4 Å². The summed E-state index contributed by atoms with van der Waals surface area (Å²) in [4.78, 5) is 25.2. The molecule has 130 valence electrons. The quantitative estimate of drug-likeness (QED) is 0.718. The summed E-state index contributed by atoms with van der Waals surface area (Å²) in [6.07, 6.45) is 1.04. The van der Waals surface area contributed by atoms with E-state index >= 15 is 0 Å². The lowest BCUT2D eigenvalue weighted by molar-refractivity contribution is -0.133. The van der Waals surface area contributed by atoms with Gasteiger partial charge in [-0.2, -0.15) is 0 Å². The lowest BCUT2D eigenvalue weighted by Gasteiger charge is -2.18. The number of benzene rings is 1. The van der Waals surface area contributed by atoms with Gasteiger partial charge in [0.25, 0.3) is 5.91 Å². The molecule has 0 bridgehead atoms. The van der Waals surface area contributed by atoms with Gasteiger partial charge in [0, 0.05) is 31.3 Å². The van der Waals surface area contributed by atoms with E-state index in [-0.39, 0.29) is 30.8 Å². The Labute approximate surface area is 143 Å². The summed E-state index contributed by atoms with van der Waals surface area (Å²) in [5.41, 5.74) is 6.02. The van der Waals surface area contributed by atoms with Crippen LogP contribution in [-0.2, 0) is 9.59 Å². The maximum absolute atomic E-state index is 11.9. The fourth-order valence-corrected chi connectivity index (χ4v) is 1.96. The van der Waals surface area contributed by atoms with Crippen LogP contribution in [0.2, 0.25) is 0 Å². The number of rotatable bonds is 9. The van der Waals surface area contributed by atoms with Crippen LogP contribution in [0.5, 0.6) is 5.75 Å². The Kier molecular flexibility index (Phi) is 10.8. The molecule has 1 rings (SSSR count). The van der Waals surface area contributed by atoms with Gasteiger partial charge >= 0.3 is 0 Å². The van der Waals surface area contributed by atoms with Crippen molar-refractivity contribution >= 4 is 29.9 Å². The van der Waals surface area contributed by atoms with Crippen molar-refractivity contribution in [3.05, 3.63) is 24.3 Å². The van der Waals surface area contributed by atoms with Crippen molar-refractivity contribution in [1.29, 1.82) is 0 Å². The van der Waals surface area contributed by atoms with Gasteiger partial charge in [0.1, 0.15) is 5.75 Å². The van der Waals surface area contributed by atoms with Crippen LogP contribution >= 0.6 is 12.4 Å². The average Bonchev–Trinajstić information content (AvgIpc) is 2.52. The Hall–Kier alpha value is -1.79. The molecule has 2 amide bonds. The fraction of sp³-hybridized carbons (Fsp3) is 0.500. The Balaban J connectivity index is 0.00000484. The van der Waals surface area contributed by atoms with Crippen LogP contribution in [0.15, 0.2) is 24.3 Å². The second-order valence-electron chi connectivity index (χ2n) is 4.82. The summed E-state index contributed by atoms with van der Waals surface area (Å²) >= 11 is 0. The topological polar surface area (TPSA) is 84.7 Å². The van der Waals surface area contributed by atoms with Crippen molar-refractivity contribution in [2.24, 2.45) is 5.73 Å². The van der Waals surface area contributed by atoms with Crippen molar-refractivity contribution < 1.29 is 14.3 Å². The zero-order valence-electron chi connectivity index (χ0n) is 13.7. The van der Waals surface area contributed by atoms with Gasteiger partial charge in [-0.3, -0.25) is 9.59 Å². The van der Waals surface area contributed by atoms with Crippen LogP contribution in [0, 0.1) is 0 Å². The smallest absolute Gasteiger partial charge is 0.260 e. The molecule has 1 aromatic rings. The molecule has 0 saturated carbocycles. The Morgan fingerprint density at radius 3 is 2.57 bits per heavy atom. The highest BCUT2D eigenvalue weighted by molar-refractivity contribution is 5.90. The number of carbonyl (C=O) groups is 2. The van der Waals surface area contributed by atoms with E-state index in [1.807, 2.05) is 13.8 Å². The van der Waals surface area contributed by atoms with Crippen LogP contribution in [0.4, 0.5) is 5.69 Å². The summed E-state index contributed by atoms with van der Waals surface area (Å²) in [7, 11) is 0. The molecule has 0 unspecified atom stereocenters. The molecule has 0 aliphatic rings. The molecule has 0 aliphatic carbocycles. The van der Waals surface area contributed by atoms with E-state index in [1.165, 1.54) is 0 Å². The third-order valence-electron chi connectivity index (χ3n) is 3.20. The number of nitrogens with zero attached hydrogens (tertiary/aromatic N) is 1. The maximum atomic E-state index is 11.9. The molecule has 0 spiro atoms. The number of amides is 2. The number of hydrogen-bond donors (Lipinski definition) is 2. The number of nitrogens with two attached hydrogens (primary N) is 1. The van der Waals surface area contributed by atoms with Gasteiger partial charge in [-0.05, 0) is 38.9 Å². The Bertz CT molecular complexity index is 493. The van der Waals surface area contributed by atoms with Gasteiger partial charge < -0.3 is 20.7 Å². The number of nitrogens with one attached hydrogen (secondary N) is 1. The minimum atomic E-state index is -0.0817. The molecule has 0 fully saturated rings. The van der Waals surface area contributed by atoms with Crippen molar-refractivity contribution in [3.8, 4) is 5.75 Å². The number of likely N-dealkylation sites (N-methyl/N-ethyl adjacent to an activating group) is 1. The molecule has 23 heavy (non-hydrogen) atoms. The van der Waals surface area contributed by atoms with Gasteiger partial charge in [-0.25, -0.2) is 0 Å². The zero-order chi connectivity index (χ0) is 16.4. The van der Waals surface area contributed by atoms with E-state index in [1.54, 1.807) is 29.2 Å².